The van der Waals surface area contributed by atoms with E-state index in [0.29, 0.717) is 17.9 Å². The molecule has 1 aromatic heterocycles. The van der Waals surface area contributed by atoms with E-state index in [1.165, 1.54) is 19.3 Å². The van der Waals surface area contributed by atoms with Crippen LogP contribution in [0.1, 0.15) is 49.4 Å². The third kappa shape index (κ3) is 3.94. The van der Waals surface area contributed by atoms with Gasteiger partial charge >= 0.3 is 0 Å². The van der Waals surface area contributed by atoms with Crippen molar-refractivity contribution in [3.8, 4) is 5.75 Å². The summed E-state index contributed by atoms with van der Waals surface area (Å²) in [7, 11) is 0. The van der Waals surface area contributed by atoms with Gasteiger partial charge in [-0.15, -0.1) is 0 Å². The Morgan fingerprint density at radius 3 is 2.58 bits per heavy atom. The number of rotatable bonds is 3. The number of pyridine rings is 1. The highest BCUT2D eigenvalue weighted by Gasteiger charge is 2.17. The van der Waals surface area contributed by atoms with Crippen molar-refractivity contribution in [2.75, 3.05) is 19.7 Å². The number of hydrogen-bond donors (Lipinski definition) is 0. The van der Waals surface area contributed by atoms with Crippen LogP contribution < -0.4 is 4.74 Å². The number of hydrogen-bond acceptors (Lipinski definition) is 3. The molecule has 1 aliphatic rings. The third-order valence-corrected chi connectivity index (χ3v) is 3.41. The molecule has 1 aliphatic heterocycles. The molecule has 0 atom stereocenters. The molecular weight excluding hydrogens is 240 g/mol. The monoisotopic (exact) mass is 262 g/mol. The zero-order valence-electron chi connectivity index (χ0n) is 11.6. The largest absolute Gasteiger partial charge is 0.492 e. The summed E-state index contributed by atoms with van der Waals surface area (Å²) < 4.78 is 5.40. The van der Waals surface area contributed by atoms with Gasteiger partial charge in [0.05, 0.1) is 18.4 Å². The predicted molar refractivity (Wildman–Crippen MR) is 74.4 cm³/mol. The Bertz CT molecular complexity index is 412. The number of aromatic nitrogens is 1. The van der Waals surface area contributed by atoms with Gasteiger partial charge in [0.2, 0.25) is 0 Å². The highest BCUT2D eigenvalue weighted by Crippen LogP contribution is 2.16. The maximum atomic E-state index is 12.5. The molecule has 4 nitrogen and oxygen atoms in total. The summed E-state index contributed by atoms with van der Waals surface area (Å²) in [4.78, 5) is 18.5. The standard InChI is InChI=1S/C15H22N2O2/c1-2-19-14-10-13(11-16-12-14)15(18)17-8-6-4-3-5-7-9-17/h10-12H,2-9H2,1H3. The summed E-state index contributed by atoms with van der Waals surface area (Å²) in [5.41, 5.74) is 0.631. The van der Waals surface area contributed by atoms with Gasteiger partial charge in [0.25, 0.3) is 5.91 Å². The van der Waals surface area contributed by atoms with Gasteiger partial charge in [-0.2, -0.15) is 0 Å². The molecule has 0 bridgehead atoms. The quantitative estimate of drug-likeness (QED) is 0.841. The number of carbonyl (C=O) groups excluding carboxylic acids is 1. The smallest absolute Gasteiger partial charge is 0.255 e. The second kappa shape index (κ2) is 7.12. The summed E-state index contributed by atoms with van der Waals surface area (Å²) >= 11 is 0. The van der Waals surface area contributed by atoms with E-state index in [9.17, 15) is 4.79 Å². The van der Waals surface area contributed by atoms with Gasteiger partial charge in [-0.25, -0.2) is 0 Å². The van der Waals surface area contributed by atoms with Gasteiger partial charge in [-0.05, 0) is 25.8 Å². The molecule has 0 radical (unpaired) electrons. The first kappa shape index (κ1) is 13.8. The number of nitrogens with zero attached hydrogens (tertiary/aromatic N) is 2. The molecule has 0 N–H and O–H groups in total. The van der Waals surface area contributed by atoms with Crippen molar-refractivity contribution in [3.05, 3.63) is 24.0 Å². The van der Waals surface area contributed by atoms with Crippen LogP contribution in [0.25, 0.3) is 0 Å². The Kier molecular flexibility index (Phi) is 5.19. The molecule has 4 heteroatoms. The van der Waals surface area contributed by atoms with Crippen molar-refractivity contribution in [2.24, 2.45) is 0 Å². The van der Waals surface area contributed by atoms with Gasteiger partial charge in [0.15, 0.2) is 0 Å². The molecule has 0 saturated carbocycles. The van der Waals surface area contributed by atoms with E-state index in [2.05, 4.69) is 4.98 Å². The van der Waals surface area contributed by atoms with Crippen LogP contribution in [0.5, 0.6) is 5.75 Å². The Hall–Kier alpha value is -1.58. The zero-order valence-corrected chi connectivity index (χ0v) is 11.6. The van der Waals surface area contributed by atoms with E-state index >= 15 is 0 Å². The predicted octanol–water partition coefficient (Wildman–Crippen LogP) is 2.89. The van der Waals surface area contributed by atoms with E-state index in [4.69, 9.17) is 4.74 Å². The highest BCUT2D eigenvalue weighted by molar-refractivity contribution is 5.94. The molecule has 1 fully saturated rings. The Morgan fingerprint density at radius 1 is 1.21 bits per heavy atom. The zero-order chi connectivity index (χ0) is 13.5. The van der Waals surface area contributed by atoms with Crippen LogP contribution in [0.2, 0.25) is 0 Å². The molecule has 0 aliphatic carbocycles. The van der Waals surface area contributed by atoms with Crippen molar-refractivity contribution >= 4 is 5.91 Å². The van der Waals surface area contributed by atoms with Crippen LogP contribution in [0.15, 0.2) is 18.5 Å². The highest BCUT2D eigenvalue weighted by atomic mass is 16.5. The van der Waals surface area contributed by atoms with Crippen molar-refractivity contribution in [3.63, 3.8) is 0 Å². The first-order valence-corrected chi connectivity index (χ1v) is 7.18. The van der Waals surface area contributed by atoms with Gasteiger partial charge in [-0.1, -0.05) is 19.3 Å². The minimum atomic E-state index is 0.0796. The number of ether oxygens (including phenoxy) is 1. The molecule has 104 valence electrons. The topological polar surface area (TPSA) is 42.4 Å². The van der Waals surface area contributed by atoms with Crippen LogP contribution >= 0.6 is 0 Å². The third-order valence-electron chi connectivity index (χ3n) is 3.41. The summed E-state index contributed by atoms with van der Waals surface area (Å²) in [6, 6.07) is 1.79. The second-order valence-corrected chi connectivity index (χ2v) is 4.90. The van der Waals surface area contributed by atoms with Gasteiger partial charge in [0.1, 0.15) is 5.75 Å². The van der Waals surface area contributed by atoms with E-state index < -0.39 is 0 Å². The Morgan fingerprint density at radius 2 is 1.89 bits per heavy atom. The summed E-state index contributed by atoms with van der Waals surface area (Å²) in [6.07, 6.45) is 9.22. The van der Waals surface area contributed by atoms with E-state index in [0.717, 1.165) is 25.9 Å². The molecule has 19 heavy (non-hydrogen) atoms. The molecule has 2 rings (SSSR count). The maximum Gasteiger partial charge on any atom is 0.255 e. The number of amides is 1. The van der Waals surface area contributed by atoms with Crippen molar-refractivity contribution in [1.82, 2.24) is 9.88 Å². The maximum absolute atomic E-state index is 12.5. The minimum Gasteiger partial charge on any atom is -0.492 e. The van der Waals surface area contributed by atoms with Gasteiger partial charge < -0.3 is 9.64 Å². The second-order valence-electron chi connectivity index (χ2n) is 4.90. The van der Waals surface area contributed by atoms with Crippen LogP contribution in [0, 0.1) is 0 Å². The molecule has 1 amide bonds. The lowest BCUT2D eigenvalue weighted by Crippen LogP contribution is -2.33. The van der Waals surface area contributed by atoms with E-state index in [1.54, 1.807) is 18.5 Å². The number of carbonyl (C=O) groups is 1. The summed E-state index contributed by atoms with van der Waals surface area (Å²) in [5.74, 6) is 0.747. The van der Waals surface area contributed by atoms with Crippen LogP contribution in [0.3, 0.4) is 0 Å². The SMILES string of the molecule is CCOc1cncc(C(=O)N2CCCCCCC2)c1. The van der Waals surface area contributed by atoms with Crippen molar-refractivity contribution in [2.45, 2.75) is 39.0 Å². The first-order valence-electron chi connectivity index (χ1n) is 7.18. The van der Waals surface area contributed by atoms with Crippen molar-refractivity contribution in [1.29, 1.82) is 0 Å². The molecule has 2 heterocycles. The van der Waals surface area contributed by atoms with Crippen LogP contribution in [-0.4, -0.2) is 35.5 Å². The average Bonchev–Trinajstić information content (AvgIpc) is 2.38. The van der Waals surface area contributed by atoms with Gasteiger partial charge in [-0.3, -0.25) is 9.78 Å². The van der Waals surface area contributed by atoms with Crippen LogP contribution in [-0.2, 0) is 0 Å². The molecule has 0 spiro atoms. The lowest BCUT2D eigenvalue weighted by Gasteiger charge is -2.24. The fourth-order valence-electron chi connectivity index (χ4n) is 2.41. The Balaban J connectivity index is 2.06. The fraction of sp³-hybridized carbons (Fsp3) is 0.600. The molecule has 0 unspecified atom stereocenters. The molecule has 1 saturated heterocycles. The summed E-state index contributed by atoms with van der Waals surface area (Å²) in [6.45, 7) is 4.23. The van der Waals surface area contributed by atoms with Gasteiger partial charge in [0, 0.05) is 19.3 Å². The summed E-state index contributed by atoms with van der Waals surface area (Å²) in [5, 5.41) is 0. The normalized spacial score (nSPS) is 16.6. The lowest BCUT2D eigenvalue weighted by molar-refractivity contribution is 0.0741. The first-order chi connectivity index (χ1) is 9.31. The molecule has 0 aromatic carbocycles. The fourth-order valence-corrected chi connectivity index (χ4v) is 2.41. The lowest BCUT2D eigenvalue weighted by atomic mass is 10.1. The van der Waals surface area contributed by atoms with Crippen LogP contribution in [0.4, 0.5) is 0 Å². The van der Waals surface area contributed by atoms with E-state index in [1.807, 2.05) is 11.8 Å². The number of likely N-dealkylation sites (tertiary alicyclic amines) is 1. The van der Waals surface area contributed by atoms with Crippen molar-refractivity contribution < 1.29 is 9.53 Å². The Labute approximate surface area is 114 Å². The average molecular weight is 262 g/mol. The minimum absolute atomic E-state index is 0.0796. The molecular formula is C15H22N2O2. The molecule has 1 aromatic rings. The van der Waals surface area contributed by atoms with E-state index in [-0.39, 0.29) is 5.91 Å².